The van der Waals surface area contributed by atoms with E-state index >= 15 is 0 Å². The zero-order valence-corrected chi connectivity index (χ0v) is 16.7. The van der Waals surface area contributed by atoms with E-state index in [0.717, 1.165) is 16.9 Å². The largest absolute Gasteiger partial charge is 0.333 e. The summed E-state index contributed by atoms with van der Waals surface area (Å²) in [5.74, 6) is 0. The molecule has 0 atom stereocenters. The average Bonchev–Trinajstić information content (AvgIpc) is 2.78. The minimum atomic E-state index is -3.56. The highest BCUT2D eigenvalue weighted by molar-refractivity contribution is 7.91. The summed E-state index contributed by atoms with van der Waals surface area (Å²) in [6.07, 6.45) is 1.18. The molecular formula is C15H24ClN3O3S2. The summed E-state index contributed by atoms with van der Waals surface area (Å²) in [7, 11) is -3.56. The molecule has 0 saturated carbocycles. The topological polar surface area (TPSA) is 78.5 Å². The SMILES string of the molecule is Cc1cc(S(=O)(=O)NC2CCN(C(=O)NC(C)(C)C)CC2)sc1Cl. The number of thiophene rings is 1. The van der Waals surface area contributed by atoms with Gasteiger partial charge in [-0.25, -0.2) is 17.9 Å². The van der Waals surface area contributed by atoms with Gasteiger partial charge in [0.05, 0.1) is 4.34 Å². The first-order chi connectivity index (χ1) is 11.0. The predicted molar refractivity (Wildman–Crippen MR) is 97.3 cm³/mol. The molecule has 0 spiro atoms. The maximum absolute atomic E-state index is 12.4. The fourth-order valence-electron chi connectivity index (χ4n) is 2.44. The fourth-order valence-corrected chi connectivity index (χ4v) is 5.47. The van der Waals surface area contributed by atoms with Crippen molar-refractivity contribution in [3.63, 3.8) is 0 Å². The molecule has 136 valence electrons. The van der Waals surface area contributed by atoms with E-state index in [2.05, 4.69) is 10.0 Å². The van der Waals surface area contributed by atoms with Crippen LogP contribution >= 0.6 is 22.9 Å². The molecule has 1 saturated heterocycles. The van der Waals surface area contributed by atoms with Crippen LogP contribution in [0.5, 0.6) is 0 Å². The summed E-state index contributed by atoms with van der Waals surface area (Å²) in [5.41, 5.74) is 0.474. The number of urea groups is 1. The molecule has 2 amide bonds. The van der Waals surface area contributed by atoms with Gasteiger partial charge in [-0.05, 0) is 52.2 Å². The third-order valence-corrected chi connectivity index (χ3v) is 7.23. The second kappa shape index (κ2) is 7.19. The van der Waals surface area contributed by atoms with Gasteiger partial charge in [0, 0.05) is 24.7 Å². The lowest BCUT2D eigenvalue weighted by atomic mass is 10.1. The Kier molecular flexibility index (Phi) is 5.84. The molecule has 0 unspecified atom stereocenters. The van der Waals surface area contributed by atoms with E-state index in [1.807, 2.05) is 20.8 Å². The number of rotatable bonds is 3. The van der Waals surface area contributed by atoms with Crippen LogP contribution in [-0.4, -0.2) is 44.0 Å². The van der Waals surface area contributed by atoms with Crippen molar-refractivity contribution < 1.29 is 13.2 Å². The quantitative estimate of drug-likeness (QED) is 0.828. The molecular weight excluding hydrogens is 370 g/mol. The maximum atomic E-state index is 12.4. The van der Waals surface area contributed by atoms with Crippen molar-refractivity contribution in [1.29, 1.82) is 0 Å². The van der Waals surface area contributed by atoms with Gasteiger partial charge in [-0.1, -0.05) is 11.6 Å². The third-order valence-electron chi connectivity index (χ3n) is 3.69. The van der Waals surface area contributed by atoms with Crippen molar-refractivity contribution in [1.82, 2.24) is 14.9 Å². The number of nitrogens with one attached hydrogen (secondary N) is 2. The number of amides is 2. The van der Waals surface area contributed by atoms with Gasteiger partial charge in [-0.3, -0.25) is 0 Å². The third kappa shape index (κ3) is 5.08. The molecule has 0 bridgehead atoms. The van der Waals surface area contributed by atoms with Crippen LogP contribution in [0.3, 0.4) is 0 Å². The highest BCUT2D eigenvalue weighted by Crippen LogP contribution is 2.30. The Hall–Kier alpha value is -0.830. The minimum Gasteiger partial charge on any atom is -0.333 e. The molecule has 1 aliphatic rings. The molecule has 2 heterocycles. The molecule has 2 N–H and O–H groups in total. The molecule has 6 nitrogen and oxygen atoms in total. The first-order valence-corrected chi connectivity index (χ1v) is 10.5. The summed E-state index contributed by atoms with van der Waals surface area (Å²) in [6.45, 7) is 8.63. The molecule has 1 aromatic rings. The normalized spacial score (nSPS) is 17.1. The van der Waals surface area contributed by atoms with Gasteiger partial charge in [-0.15, -0.1) is 11.3 Å². The van der Waals surface area contributed by atoms with E-state index in [0.29, 0.717) is 30.3 Å². The van der Waals surface area contributed by atoms with Crippen LogP contribution in [0.1, 0.15) is 39.2 Å². The van der Waals surface area contributed by atoms with Crippen molar-refractivity contribution in [3.05, 3.63) is 16.0 Å². The van der Waals surface area contributed by atoms with Crippen molar-refractivity contribution in [3.8, 4) is 0 Å². The maximum Gasteiger partial charge on any atom is 0.317 e. The van der Waals surface area contributed by atoms with Gasteiger partial charge in [0.25, 0.3) is 0 Å². The second-order valence-corrected chi connectivity index (χ2v) is 10.7. The number of halogens is 1. The zero-order chi connectivity index (χ0) is 18.1. The summed E-state index contributed by atoms with van der Waals surface area (Å²) in [4.78, 5) is 13.9. The minimum absolute atomic E-state index is 0.107. The van der Waals surface area contributed by atoms with E-state index < -0.39 is 10.0 Å². The van der Waals surface area contributed by atoms with Crippen LogP contribution in [0.25, 0.3) is 0 Å². The Morgan fingerprint density at radius 1 is 1.33 bits per heavy atom. The van der Waals surface area contributed by atoms with Crippen LogP contribution in [0, 0.1) is 6.92 Å². The van der Waals surface area contributed by atoms with Gasteiger partial charge in [0.2, 0.25) is 10.0 Å². The number of sulfonamides is 1. The van der Waals surface area contributed by atoms with Crippen molar-refractivity contribution >= 4 is 39.0 Å². The van der Waals surface area contributed by atoms with Crippen LogP contribution in [0.2, 0.25) is 4.34 Å². The number of carbonyl (C=O) groups is 1. The van der Waals surface area contributed by atoms with Crippen LogP contribution < -0.4 is 10.0 Å². The summed E-state index contributed by atoms with van der Waals surface area (Å²) in [6, 6.07) is 1.31. The molecule has 2 rings (SSSR count). The Morgan fingerprint density at radius 2 is 1.92 bits per heavy atom. The van der Waals surface area contributed by atoms with E-state index in [-0.39, 0.29) is 21.8 Å². The first-order valence-electron chi connectivity index (χ1n) is 7.83. The molecule has 1 fully saturated rings. The van der Waals surface area contributed by atoms with Gasteiger partial charge in [-0.2, -0.15) is 0 Å². The number of hydrogen-bond acceptors (Lipinski definition) is 4. The summed E-state index contributed by atoms with van der Waals surface area (Å²) in [5, 5.41) is 2.92. The number of carbonyl (C=O) groups excluding carboxylic acids is 1. The van der Waals surface area contributed by atoms with Crippen molar-refractivity contribution in [2.24, 2.45) is 0 Å². The Balaban J connectivity index is 1.92. The molecule has 1 aromatic heterocycles. The molecule has 24 heavy (non-hydrogen) atoms. The average molecular weight is 394 g/mol. The van der Waals surface area contributed by atoms with Crippen molar-refractivity contribution in [2.75, 3.05) is 13.1 Å². The monoisotopic (exact) mass is 393 g/mol. The second-order valence-electron chi connectivity index (χ2n) is 7.08. The van der Waals surface area contributed by atoms with Gasteiger partial charge in [0.15, 0.2) is 0 Å². The molecule has 0 radical (unpaired) electrons. The lowest BCUT2D eigenvalue weighted by Gasteiger charge is -2.34. The molecule has 1 aliphatic heterocycles. The van der Waals surface area contributed by atoms with E-state index in [1.165, 1.54) is 0 Å². The number of likely N-dealkylation sites (tertiary alicyclic amines) is 1. The van der Waals surface area contributed by atoms with Gasteiger partial charge < -0.3 is 10.2 Å². The smallest absolute Gasteiger partial charge is 0.317 e. The predicted octanol–water partition coefficient (Wildman–Crippen LogP) is 2.96. The molecule has 9 heteroatoms. The fraction of sp³-hybridized carbons (Fsp3) is 0.667. The lowest BCUT2D eigenvalue weighted by Crippen LogP contribution is -2.53. The van der Waals surface area contributed by atoms with Crippen LogP contribution in [-0.2, 0) is 10.0 Å². The number of aryl methyl sites for hydroxylation is 1. The van der Waals surface area contributed by atoms with Gasteiger partial charge >= 0.3 is 6.03 Å². The van der Waals surface area contributed by atoms with E-state index in [9.17, 15) is 13.2 Å². The first kappa shape index (κ1) is 19.5. The number of hydrogen-bond donors (Lipinski definition) is 2. The van der Waals surface area contributed by atoms with E-state index in [1.54, 1.807) is 17.9 Å². The highest BCUT2D eigenvalue weighted by atomic mass is 35.5. The Morgan fingerprint density at radius 3 is 2.38 bits per heavy atom. The summed E-state index contributed by atoms with van der Waals surface area (Å²) >= 11 is 7.02. The van der Waals surface area contributed by atoms with Crippen LogP contribution in [0.15, 0.2) is 10.3 Å². The Bertz CT molecular complexity index is 683. The lowest BCUT2D eigenvalue weighted by molar-refractivity contribution is 0.172. The highest BCUT2D eigenvalue weighted by Gasteiger charge is 2.28. The van der Waals surface area contributed by atoms with Gasteiger partial charge in [0.1, 0.15) is 4.21 Å². The molecule has 0 aromatic carbocycles. The number of piperidine rings is 1. The number of nitrogens with zero attached hydrogens (tertiary/aromatic N) is 1. The van der Waals surface area contributed by atoms with E-state index in [4.69, 9.17) is 11.6 Å². The standard InChI is InChI=1S/C15H24ClN3O3S2/c1-10-9-12(23-13(10)16)24(21,22)18-11-5-7-19(8-6-11)14(20)17-15(2,3)4/h9,11,18H,5-8H2,1-4H3,(H,17,20). The molecule has 0 aliphatic carbocycles. The summed E-state index contributed by atoms with van der Waals surface area (Å²) < 4.78 is 28.3. The zero-order valence-electron chi connectivity index (χ0n) is 14.3. The van der Waals surface area contributed by atoms with Crippen LogP contribution in [0.4, 0.5) is 4.79 Å². The Labute approximate surface area is 152 Å². The van der Waals surface area contributed by atoms with Crippen molar-refractivity contribution in [2.45, 2.75) is 56.3 Å².